The Morgan fingerprint density at radius 3 is 2.94 bits per heavy atom. The minimum Gasteiger partial charge on any atom is -0.397 e. The van der Waals surface area contributed by atoms with Crippen molar-refractivity contribution in [1.82, 2.24) is 4.90 Å². The van der Waals surface area contributed by atoms with Crippen LogP contribution in [0.5, 0.6) is 0 Å². The predicted molar refractivity (Wildman–Crippen MR) is 62.3 cm³/mol. The number of carbonyl (C=O) groups excluding carboxylic acids is 1. The summed E-state index contributed by atoms with van der Waals surface area (Å²) >= 11 is 5.90. The molecule has 1 atom stereocenters. The number of hydrogen-bond donors (Lipinski definition) is 2. The number of aliphatic hydroxyl groups is 1. The topological polar surface area (TPSA) is 66.6 Å². The van der Waals surface area contributed by atoms with Gasteiger partial charge in [0.25, 0.3) is 5.91 Å². The molecule has 4 nitrogen and oxygen atoms in total. The summed E-state index contributed by atoms with van der Waals surface area (Å²) in [5.74, 6) is -0.0973. The van der Waals surface area contributed by atoms with Gasteiger partial charge in [-0.15, -0.1) is 0 Å². The Bertz CT molecular complexity index is 448. The summed E-state index contributed by atoms with van der Waals surface area (Å²) in [4.78, 5) is 13.6. The van der Waals surface area contributed by atoms with Gasteiger partial charge in [-0.1, -0.05) is 11.6 Å². The monoisotopic (exact) mass is 240 g/mol. The van der Waals surface area contributed by atoms with E-state index in [0.29, 0.717) is 22.8 Å². The Morgan fingerprint density at radius 2 is 2.31 bits per heavy atom. The number of hydrogen-bond acceptors (Lipinski definition) is 3. The lowest BCUT2D eigenvalue weighted by Gasteiger charge is -2.21. The maximum atomic E-state index is 12.0. The number of nitrogens with two attached hydrogens (primary N) is 1. The Labute approximate surface area is 98.6 Å². The van der Waals surface area contributed by atoms with Crippen LogP contribution in [0, 0.1) is 0 Å². The molecule has 1 heterocycles. The highest BCUT2D eigenvalue weighted by Crippen LogP contribution is 2.33. The van der Waals surface area contributed by atoms with Gasteiger partial charge in [-0.3, -0.25) is 4.79 Å². The van der Waals surface area contributed by atoms with Gasteiger partial charge < -0.3 is 15.7 Å². The Balaban J connectivity index is 2.42. The van der Waals surface area contributed by atoms with E-state index in [1.54, 1.807) is 24.0 Å². The molecule has 86 valence electrons. The van der Waals surface area contributed by atoms with Gasteiger partial charge in [-0.25, -0.2) is 0 Å². The maximum absolute atomic E-state index is 12.0. The highest BCUT2D eigenvalue weighted by Gasteiger charge is 2.32. The fraction of sp³-hybridized carbons (Fsp3) is 0.364. The van der Waals surface area contributed by atoms with Gasteiger partial charge >= 0.3 is 0 Å². The van der Waals surface area contributed by atoms with Gasteiger partial charge in [0.2, 0.25) is 0 Å². The summed E-state index contributed by atoms with van der Waals surface area (Å²) in [5, 5.41) is 9.53. The maximum Gasteiger partial charge on any atom is 0.254 e. The molecule has 3 N–H and O–H groups in total. The fourth-order valence-electron chi connectivity index (χ4n) is 1.86. The van der Waals surface area contributed by atoms with Crippen LogP contribution >= 0.6 is 11.6 Å². The number of nitrogen functional groups attached to an aromatic ring is 1. The van der Waals surface area contributed by atoms with Crippen LogP contribution in [0.4, 0.5) is 5.69 Å². The van der Waals surface area contributed by atoms with Crippen molar-refractivity contribution in [3.8, 4) is 0 Å². The first-order valence-electron chi connectivity index (χ1n) is 5.05. The number of anilines is 1. The second-order valence-corrected chi connectivity index (χ2v) is 4.36. The lowest BCUT2D eigenvalue weighted by Crippen LogP contribution is -2.35. The molecule has 2 rings (SSSR count). The molecule has 1 amide bonds. The van der Waals surface area contributed by atoms with Crippen LogP contribution in [0.3, 0.4) is 0 Å². The standard InChI is InChI=1S/C11H13ClN2O2/c1-6(5-15)14-4-8-7(11(14)16)2-3-9(12)10(8)13/h2-3,6,15H,4-5,13H2,1H3. The van der Waals surface area contributed by atoms with Crippen molar-refractivity contribution in [2.24, 2.45) is 0 Å². The van der Waals surface area contributed by atoms with Crippen LogP contribution in [-0.2, 0) is 6.54 Å². The molecule has 0 bridgehead atoms. The van der Waals surface area contributed by atoms with Crippen molar-refractivity contribution in [1.29, 1.82) is 0 Å². The molecule has 5 heteroatoms. The third kappa shape index (κ3) is 1.54. The summed E-state index contributed by atoms with van der Waals surface area (Å²) in [5.41, 5.74) is 7.63. The molecule has 0 radical (unpaired) electrons. The van der Waals surface area contributed by atoms with E-state index < -0.39 is 0 Å². The van der Waals surface area contributed by atoms with E-state index in [1.807, 2.05) is 0 Å². The molecule has 1 aliphatic heterocycles. The Hall–Kier alpha value is -1.26. The van der Waals surface area contributed by atoms with Crippen molar-refractivity contribution in [2.45, 2.75) is 19.5 Å². The molecule has 0 saturated heterocycles. The second-order valence-electron chi connectivity index (χ2n) is 3.95. The van der Waals surface area contributed by atoms with Crippen LogP contribution in [0.2, 0.25) is 5.02 Å². The minimum atomic E-state index is -0.210. The van der Waals surface area contributed by atoms with Crippen molar-refractivity contribution in [2.75, 3.05) is 12.3 Å². The van der Waals surface area contributed by atoms with Gasteiger partial charge in [0, 0.05) is 17.7 Å². The highest BCUT2D eigenvalue weighted by atomic mass is 35.5. The third-order valence-corrected chi connectivity index (χ3v) is 3.25. The van der Waals surface area contributed by atoms with Crippen LogP contribution in [-0.4, -0.2) is 28.6 Å². The number of aliphatic hydroxyl groups excluding tert-OH is 1. The third-order valence-electron chi connectivity index (χ3n) is 2.92. The summed E-state index contributed by atoms with van der Waals surface area (Å²) in [6.45, 7) is 2.15. The summed E-state index contributed by atoms with van der Waals surface area (Å²) in [7, 11) is 0. The average Bonchev–Trinajstić information content (AvgIpc) is 2.61. The van der Waals surface area contributed by atoms with E-state index in [9.17, 15) is 4.79 Å². The smallest absolute Gasteiger partial charge is 0.254 e. The summed E-state index contributed by atoms with van der Waals surface area (Å²) < 4.78 is 0. The first kappa shape index (κ1) is 11.2. The van der Waals surface area contributed by atoms with E-state index in [1.165, 1.54) is 0 Å². The lowest BCUT2D eigenvalue weighted by atomic mass is 10.1. The number of benzene rings is 1. The molecular formula is C11H13ClN2O2. The first-order valence-corrected chi connectivity index (χ1v) is 5.42. The van der Waals surface area contributed by atoms with Gasteiger partial charge in [0.05, 0.1) is 23.4 Å². The zero-order valence-electron chi connectivity index (χ0n) is 8.90. The lowest BCUT2D eigenvalue weighted by molar-refractivity contribution is 0.0644. The molecule has 1 aliphatic rings. The number of fused-ring (bicyclic) bond motifs is 1. The van der Waals surface area contributed by atoms with Crippen LogP contribution in [0.1, 0.15) is 22.8 Å². The van der Waals surface area contributed by atoms with Gasteiger partial charge in [-0.05, 0) is 19.1 Å². The fourth-order valence-corrected chi connectivity index (χ4v) is 2.04. The molecule has 1 aromatic rings. The molecule has 16 heavy (non-hydrogen) atoms. The first-order chi connectivity index (χ1) is 7.56. The second kappa shape index (κ2) is 3.96. The van der Waals surface area contributed by atoms with Crippen molar-refractivity contribution in [3.63, 3.8) is 0 Å². The van der Waals surface area contributed by atoms with E-state index in [0.717, 1.165) is 5.56 Å². The van der Waals surface area contributed by atoms with Gasteiger partial charge in [0.15, 0.2) is 0 Å². The number of carbonyl (C=O) groups is 1. The van der Waals surface area contributed by atoms with E-state index in [2.05, 4.69) is 0 Å². The van der Waals surface area contributed by atoms with Gasteiger partial charge in [-0.2, -0.15) is 0 Å². The normalized spacial score (nSPS) is 16.4. The van der Waals surface area contributed by atoms with E-state index in [-0.39, 0.29) is 18.6 Å². The molecular weight excluding hydrogens is 228 g/mol. The summed E-state index contributed by atoms with van der Waals surface area (Å²) in [6.07, 6.45) is 0. The quantitative estimate of drug-likeness (QED) is 0.765. The number of rotatable bonds is 2. The summed E-state index contributed by atoms with van der Waals surface area (Å²) in [6, 6.07) is 3.10. The number of nitrogens with zero attached hydrogens (tertiary/aromatic N) is 1. The highest BCUT2D eigenvalue weighted by molar-refractivity contribution is 6.33. The molecule has 1 aromatic carbocycles. The largest absolute Gasteiger partial charge is 0.397 e. The van der Waals surface area contributed by atoms with Gasteiger partial charge in [0.1, 0.15) is 0 Å². The van der Waals surface area contributed by atoms with Crippen molar-refractivity contribution >= 4 is 23.2 Å². The molecule has 0 saturated carbocycles. The minimum absolute atomic E-state index is 0.0621. The van der Waals surface area contributed by atoms with Crippen LogP contribution < -0.4 is 5.73 Å². The Morgan fingerprint density at radius 1 is 1.62 bits per heavy atom. The molecule has 0 spiro atoms. The van der Waals surface area contributed by atoms with E-state index in [4.69, 9.17) is 22.4 Å². The predicted octanol–water partition coefficient (Wildman–Crippen LogP) is 1.26. The zero-order valence-corrected chi connectivity index (χ0v) is 9.66. The Kier molecular flexibility index (Phi) is 2.78. The SMILES string of the molecule is CC(CO)N1Cc2c(ccc(Cl)c2N)C1=O. The number of halogens is 1. The van der Waals surface area contributed by atoms with Crippen LogP contribution in [0.25, 0.3) is 0 Å². The van der Waals surface area contributed by atoms with Crippen molar-refractivity contribution < 1.29 is 9.90 Å². The molecule has 0 aliphatic carbocycles. The van der Waals surface area contributed by atoms with Crippen molar-refractivity contribution in [3.05, 3.63) is 28.3 Å². The average molecular weight is 241 g/mol. The van der Waals surface area contributed by atoms with E-state index >= 15 is 0 Å². The molecule has 0 fully saturated rings. The molecule has 0 aromatic heterocycles. The number of amides is 1. The molecule has 1 unspecified atom stereocenters. The zero-order chi connectivity index (χ0) is 11.9. The van der Waals surface area contributed by atoms with Crippen LogP contribution in [0.15, 0.2) is 12.1 Å².